The topological polar surface area (TPSA) is 89.9 Å². The number of nitrogens with zero attached hydrogens (tertiary/aromatic N) is 1. The van der Waals surface area contributed by atoms with E-state index in [1.165, 1.54) is 6.07 Å². The summed E-state index contributed by atoms with van der Waals surface area (Å²) in [5, 5.41) is 8.65. The second-order valence-electron chi connectivity index (χ2n) is 4.77. The fraction of sp³-hybridized carbons (Fsp3) is 0.462. The van der Waals surface area contributed by atoms with Crippen molar-refractivity contribution in [2.45, 2.75) is 31.9 Å². The summed E-state index contributed by atoms with van der Waals surface area (Å²) >= 11 is -3.06. The van der Waals surface area contributed by atoms with E-state index >= 15 is 0 Å². The van der Waals surface area contributed by atoms with Crippen molar-refractivity contribution in [3.8, 4) is 5.75 Å². The van der Waals surface area contributed by atoms with Crippen molar-refractivity contribution in [2.75, 3.05) is 6.61 Å². The van der Waals surface area contributed by atoms with Crippen LogP contribution in [0.5, 0.6) is 5.75 Å². The van der Waals surface area contributed by atoms with Gasteiger partial charge in [0.05, 0.1) is 6.04 Å². The summed E-state index contributed by atoms with van der Waals surface area (Å²) in [6.45, 7) is -3.69. The van der Waals surface area contributed by atoms with Gasteiger partial charge in [0.2, 0.25) is 0 Å². The lowest BCUT2D eigenvalue weighted by Crippen LogP contribution is -2.36. The minimum atomic E-state index is -3.14. The molecule has 1 aliphatic carbocycles. The Hall–Kier alpha value is -1.58. The van der Waals surface area contributed by atoms with E-state index in [-0.39, 0.29) is 16.5 Å². The Balaban J connectivity index is 2.36. The van der Waals surface area contributed by atoms with E-state index in [1.807, 2.05) is 0 Å². The monoisotopic (exact) mass is 334 g/mol. The van der Waals surface area contributed by atoms with Crippen molar-refractivity contribution < 1.29 is 32.2 Å². The molecule has 1 aromatic rings. The average molecular weight is 334 g/mol. The Kier molecular flexibility index (Phi) is 5.43. The number of alkyl halides is 2. The first kappa shape index (κ1) is 16.8. The number of carboxylic acid groups (broad SMARTS) is 1. The van der Waals surface area contributed by atoms with Gasteiger partial charge in [0.1, 0.15) is 5.75 Å². The number of carbonyl (C=O) groups is 1. The summed E-state index contributed by atoms with van der Waals surface area (Å²) in [5.74, 6) is -0.865. The Bertz CT molecular complexity index is 584. The highest BCUT2D eigenvalue weighted by atomic mass is 32.2. The second-order valence-corrected chi connectivity index (χ2v) is 5.62. The number of aliphatic carboxylic acids is 1. The lowest BCUT2D eigenvalue weighted by molar-refractivity contribution is -0.139. The molecule has 0 saturated carbocycles. The molecule has 0 fully saturated rings. The molecule has 22 heavy (non-hydrogen) atoms. The molecule has 0 radical (unpaired) electrons. The number of ether oxygens (including phenoxy) is 1. The molecule has 0 heterocycles. The average Bonchev–Trinajstić information content (AvgIpc) is 2.44. The standard InChI is InChI=1S/C13H15F2NO5S/c14-13(15)16(22(19)20)10-5-1-4-9-8(10)3-2-6-11(9)21-7-12(17)18/h2-3,6,10,13H,1,4-5,7H2,(H,17,18)(H,19,20)/p-1/t10-/m1/s1. The number of carboxylic acids is 1. The molecule has 9 heteroatoms. The highest BCUT2D eigenvalue weighted by Gasteiger charge is 2.33. The number of fused-ring (bicyclic) bond motifs is 1. The third-order valence-corrected chi connectivity index (χ3v) is 4.21. The zero-order chi connectivity index (χ0) is 16.3. The lowest BCUT2D eigenvalue weighted by atomic mass is 9.87. The van der Waals surface area contributed by atoms with Crippen LogP contribution in [0.3, 0.4) is 0 Å². The summed E-state index contributed by atoms with van der Waals surface area (Å²) in [5.41, 5.74) is 1.01. The molecule has 122 valence electrons. The van der Waals surface area contributed by atoms with Crippen LogP contribution >= 0.6 is 0 Å². The predicted octanol–water partition coefficient (Wildman–Crippen LogP) is 1.85. The van der Waals surface area contributed by atoms with Crippen LogP contribution in [0.4, 0.5) is 8.78 Å². The molecule has 0 aliphatic heterocycles. The first-order chi connectivity index (χ1) is 10.4. The quantitative estimate of drug-likeness (QED) is 0.633. The van der Waals surface area contributed by atoms with Gasteiger partial charge in [-0.2, -0.15) is 13.1 Å². The van der Waals surface area contributed by atoms with Crippen LogP contribution in [0.1, 0.15) is 30.0 Å². The molecular formula is C13H14F2NO5S-. The van der Waals surface area contributed by atoms with E-state index in [4.69, 9.17) is 9.84 Å². The van der Waals surface area contributed by atoms with Crippen molar-refractivity contribution >= 4 is 17.2 Å². The number of benzene rings is 1. The maximum atomic E-state index is 13.0. The van der Waals surface area contributed by atoms with E-state index < -0.39 is 36.4 Å². The normalized spacial score (nSPS) is 19.0. The number of hydrogen-bond acceptors (Lipinski definition) is 4. The minimum Gasteiger partial charge on any atom is -0.759 e. The Morgan fingerprint density at radius 1 is 1.55 bits per heavy atom. The van der Waals surface area contributed by atoms with E-state index in [9.17, 15) is 22.3 Å². The van der Waals surface area contributed by atoms with Gasteiger partial charge in [-0.05, 0) is 36.5 Å². The molecule has 0 bridgehead atoms. The van der Waals surface area contributed by atoms with Crippen LogP contribution in [-0.4, -0.2) is 37.3 Å². The zero-order valence-corrected chi connectivity index (χ0v) is 12.2. The second kappa shape index (κ2) is 7.12. The van der Waals surface area contributed by atoms with Gasteiger partial charge in [-0.3, -0.25) is 4.21 Å². The predicted molar refractivity (Wildman–Crippen MR) is 72.0 cm³/mol. The van der Waals surface area contributed by atoms with Crippen LogP contribution < -0.4 is 4.74 Å². The highest BCUT2D eigenvalue weighted by molar-refractivity contribution is 7.76. The van der Waals surface area contributed by atoms with Gasteiger partial charge in [-0.15, -0.1) is 0 Å². The number of hydrogen-bond donors (Lipinski definition) is 1. The number of rotatable bonds is 6. The molecule has 0 saturated heterocycles. The molecule has 0 aromatic heterocycles. The number of halogens is 2. The highest BCUT2D eigenvalue weighted by Crippen LogP contribution is 2.40. The lowest BCUT2D eigenvalue weighted by Gasteiger charge is -2.36. The van der Waals surface area contributed by atoms with Crippen LogP contribution in [0, 0.1) is 0 Å². The first-order valence-electron chi connectivity index (χ1n) is 6.54. The molecule has 0 spiro atoms. The maximum Gasteiger partial charge on any atom is 0.341 e. The minimum absolute atomic E-state index is 0.124. The van der Waals surface area contributed by atoms with Crippen molar-refractivity contribution in [2.24, 2.45) is 0 Å². The molecular weight excluding hydrogens is 320 g/mol. The molecule has 1 aliphatic rings. The summed E-state index contributed by atoms with van der Waals surface area (Å²) in [4.78, 5) is 10.6. The van der Waals surface area contributed by atoms with Gasteiger partial charge in [0.15, 0.2) is 6.61 Å². The van der Waals surface area contributed by atoms with Crippen LogP contribution in [-0.2, 0) is 22.5 Å². The largest absolute Gasteiger partial charge is 0.759 e. The third kappa shape index (κ3) is 3.60. The molecule has 2 rings (SSSR count). The molecule has 2 atom stereocenters. The molecule has 1 N–H and O–H groups in total. The summed E-state index contributed by atoms with van der Waals surface area (Å²) in [6.07, 6.45) is 1.30. The SMILES string of the molecule is O=C(O)COc1cccc2c1CCC[C@H]2N(C(F)F)S(=O)[O-]. The fourth-order valence-electron chi connectivity index (χ4n) is 2.63. The van der Waals surface area contributed by atoms with Gasteiger partial charge < -0.3 is 14.4 Å². The van der Waals surface area contributed by atoms with E-state index in [1.54, 1.807) is 12.1 Å². The van der Waals surface area contributed by atoms with Gasteiger partial charge in [0.25, 0.3) is 0 Å². The Morgan fingerprint density at radius 3 is 2.86 bits per heavy atom. The molecule has 1 aromatic carbocycles. The first-order valence-corrected chi connectivity index (χ1v) is 7.57. The molecule has 1 unspecified atom stereocenters. The van der Waals surface area contributed by atoms with Gasteiger partial charge in [-0.25, -0.2) is 4.79 Å². The smallest absolute Gasteiger partial charge is 0.341 e. The Morgan fingerprint density at radius 2 is 2.27 bits per heavy atom. The van der Waals surface area contributed by atoms with Crippen molar-refractivity contribution in [3.63, 3.8) is 0 Å². The van der Waals surface area contributed by atoms with Gasteiger partial charge in [0, 0.05) is 11.3 Å². The van der Waals surface area contributed by atoms with Gasteiger partial charge >= 0.3 is 12.5 Å². The summed E-state index contributed by atoms with van der Waals surface area (Å²) < 4.78 is 53.5. The van der Waals surface area contributed by atoms with E-state index in [2.05, 4.69) is 0 Å². The zero-order valence-electron chi connectivity index (χ0n) is 11.4. The third-order valence-electron chi connectivity index (χ3n) is 3.46. The summed E-state index contributed by atoms with van der Waals surface area (Å²) in [6, 6.07) is 3.67. The van der Waals surface area contributed by atoms with Crippen molar-refractivity contribution in [1.29, 1.82) is 0 Å². The maximum absolute atomic E-state index is 13.0. The molecule has 0 amide bonds. The van der Waals surface area contributed by atoms with Crippen molar-refractivity contribution in [1.82, 2.24) is 4.31 Å². The van der Waals surface area contributed by atoms with Crippen LogP contribution in [0.25, 0.3) is 0 Å². The van der Waals surface area contributed by atoms with Crippen molar-refractivity contribution in [3.05, 3.63) is 29.3 Å². The molecule has 6 nitrogen and oxygen atoms in total. The fourth-order valence-corrected chi connectivity index (χ4v) is 3.19. The van der Waals surface area contributed by atoms with Gasteiger partial charge in [-0.1, -0.05) is 12.1 Å². The Labute approximate surface area is 128 Å². The van der Waals surface area contributed by atoms with Crippen LogP contribution in [0.15, 0.2) is 18.2 Å². The van der Waals surface area contributed by atoms with E-state index in [0.717, 1.165) is 0 Å². The summed E-state index contributed by atoms with van der Waals surface area (Å²) in [7, 11) is 0. The van der Waals surface area contributed by atoms with Crippen LogP contribution in [0.2, 0.25) is 0 Å². The van der Waals surface area contributed by atoms with E-state index in [0.29, 0.717) is 24.0 Å².